The van der Waals surface area contributed by atoms with Gasteiger partial charge in [-0.1, -0.05) is 54.6 Å². The van der Waals surface area contributed by atoms with Gasteiger partial charge in [-0.05, 0) is 42.2 Å². The molecular formula is C22H23N3O3S. The number of aryl methyl sites for hydroxylation is 1. The molecule has 3 rings (SSSR count). The standard InChI is InChI=1S/C22H23N3O3S/c1-17-8-5-6-12-21(17)29(27,28)25-20(14-18-9-3-2-4-10-18)22(26)24-16-19-11-7-13-23-15-19/h2-13,15,20,25H,14,16H2,1H3,(H,24,26). The molecule has 0 fully saturated rings. The summed E-state index contributed by atoms with van der Waals surface area (Å²) < 4.78 is 28.4. The highest BCUT2D eigenvalue weighted by atomic mass is 32.2. The van der Waals surface area contributed by atoms with Gasteiger partial charge in [0.2, 0.25) is 15.9 Å². The number of nitrogens with one attached hydrogen (secondary N) is 2. The second-order valence-electron chi connectivity index (χ2n) is 6.71. The summed E-state index contributed by atoms with van der Waals surface area (Å²) in [5.41, 5.74) is 2.32. The first-order valence-electron chi connectivity index (χ1n) is 9.24. The fourth-order valence-electron chi connectivity index (χ4n) is 2.96. The van der Waals surface area contributed by atoms with Crippen molar-refractivity contribution in [3.05, 3.63) is 95.8 Å². The molecule has 2 N–H and O–H groups in total. The number of carbonyl (C=O) groups is 1. The maximum atomic E-state index is 12.9. The Morgan fingerprint density at radius 2 is 1.66 bits per heavy atom. The molecule has 1 aromatic heterocycles. The molecule has 7 heteroatoms. The van der Waals surface area contributed by atoms with Crippen molar-refractivity contribution < 1.29 is 13.2 Å². The zero-order valence-electron chi connectivity index (χ0n) is 16.1. The van der Waals surface area contributed by atoms with Crippen molar-refractivity contribution in [2.24, 2.45) is 0 Å². The van der Waals surface area contributed by atoms with Crippen LogP contribution < -0.4 is 10.0 Å². The Hall–Kier alpha value is -3.03. The van der Waals surface area contributed by atoms with Crippen LogP contribution in [-0.2, 0) is 27.8 Å². The summed E-state index contributed by atoms with van der Waals surface area (Å²) in [5, 5.41) is 2.80. The van der Waals surface area contributed by atoms with Gasteiger partial charge >= 0.3 is 0 Å². The van der Waals surface area contributed by atoms with Gasteiger partial charge in [0.15, 0.2) is 0 Å². The van der Waals surface area contributed by atoms with Gasteiger partial charge in [0.05, 0.1) is 4.90 Å². The lowest BCUT2D eigenvalue weighted by atomic mass is 10.1. The molecule has 150 valence electrons. The maximum absolute atomic E-state index is 12.9. The average Bonchev–Trinajstić information content (AvgIpc) is 2.73. The minimum absolute atomic E-state index is 0.165. The fourth-order valence-corrected chi connectivity index (χ4v) is 4.40. The van der Waals surface area contributed by atoms with E-state index in [1.165, 1.54) is 6.07 Å². The monoisotopic (exact) mass is 409 g/mol. The normalized spacial score (nSPS) is 12.3. The fraction of sp³-hybridized carbons (Fsp3) is 0.182. The molecule has 0 spiro atoms. The molecule has 1 unspecified atom stereocenters. The van der Waals surface area contributed by atoms with E-state index in [1.807, 2.05) is 36.4 Å². The van der Waals surface area contributed by atoms with Crippen molar-refractivity contribution in [2.45, 2.75) is 30.8 Å². The highest BCUT2D eigenvalue weighted by Gasteiger charge is 2.26. The molecule has 0 saturated carbocycles. The van der Waals surface area contributed by atoms with Crippen LogP contribution in [0.1, 0.15) is 16.7 Å². The molecular weight excluding hydrogens is 386 g/mol. The Kier molecular flexibility index (Phi) is 6.74. The van der Waals surface area contributed by atoms with Crippen molar-refractivity contribution in [2.75, 3.05) is 0 Å². The van der Waals surface area contributed by atoms with Gasteiger partial charge in [-0.25, -0.2) is 8.42 Å². The first-order valence-corrected chi connectivity index (χ1v) is 10.7. The van der Waals surface area contributed by atoms with Gasteiger partial charge in [0, 0.05) is 18.9 Å². The summed E-state index contributed by atoms with van der Waals surface area (Å²) in [6.45, 7) is 1.99. The number of nitrogens with zero attached hydrogens (tertiary/aromatic N) is 1. The van der Waals surface area contributed by atoms with Gasteiger partial charge in [-0.2, -0.15) is 4.72 Å². The van der Waals surface area contributed by atoms with Crippen LogP contribution in [0.3, 0.4) is 0 Å². The van der Waals surface area contributed by atoms with Crippen molar-refractivity contribution in [1.29, 1.82) is 0 Å². The zero-order valence-corrected chi connectivity index (χ0v) is 16.9. The number of pyridine rings is 1. The second kappa shape index (κ2) is 9.45. The molecule has 1 amide bonds. The molecule has 29 heavy (non-hydrogen) atoms. The first-order chi connectivity index (χ1) is 14.0. The van der Waals surface area contributed by atoms with Gasteiger partial charge < -0.3 is 5.32 Å². The lowest BCUT2D eigenvalue weighted by Gasteiger charge is -2.19. The third-order valence-corrected chi connectivity index (χ3v) is 6.10. The molecule has 1 heterocycles. The quantitative estimate of drug-likeness (QED) is 0.599. The van der Waals surface area contributed by atoms with Gasteiger partial charge in [0.25, 0.3) is 0 Å². The van der Waals surface area contributed by atoms with E-state index in [1.54, 1.807) is 43.6 Å². The van der Waals surface area contributed by atoms with Crippen LogP contribution in [0, 0.1) is 6.92 Å². The second-order valence-corrected chi connectivity index (χ2v) is 8.39. The molecule has 2 aromatic carbocycles. The van der Waals surface area contributed by atoms with E-state index in [9.17, 15) is 13.2 Å². The summed E-state index contributed by atoms with van der Waals surface area (Å²) in [7, 11) is -3.86. The molecule has 3 aromatic rings. The summed E-state index contributed by atoms with van der Waals surface area (Å²) >= 11 is 0. The zero-order chi connectivity index (χ0) is 20.7. The van der Waals surface area contributed by atoms with Crippen molar-refractivity contribution >= 4 is 15.9 Å². The van der Waals surface area contributed by atoms with E-state index >= 15 is 0 Å². The number of aromatic nitrogens is 1. The van der Waals surface area contributed by atoms with Crippen LogP contribution in [0.25, 0.3) is 0 Å². The van der Waals surface area contributed by atoms with Gasteiger partial charge in [-0.3, -0.25) is 9.78 Å². The lowest BCUT2D eigenvalue weighted by molar-refractivity contribution is -0.122. The van der Waals surface area contributed by atoms with Crippen molar-refractivity contribution in [1.82, 2.24) is 15.0 Å². The largest absolute Gasteiger partial charge is 0.351 e. The van der Waals surface area contributed by atoms with Crippen LogP contribution in [0.15, 0.2) is 84.0 Å². The Morgan fingerprint density at radius 3 is 2.34 bits per heavy atom. The highest BCUT2D eigenvalue weighted by Crippen LogP contribution is 2.15. The van der Waals surface area contributed by atoms with Crippen LogP contribution in [-0.4, -0.2) is 25.4 Å². The maximum Gasteiger partial charge on any atom is 0.241 e. The molecule has 0 bridgehead atoms. The predicted octanol–water partition coefficient (Wildman–Crippen LogP) is 2.60. The number of sulfonamides is 1. The lowest BCUT2D eigenvalue weighted by Crippen LogP contribution is -2.47. The number of hydrogen-bond acceptors (Lipinski definition) is 4. The Labute approximate surface area is 171 Å². The summed E-state index contributed by atoms with van der Waals surface area (Å²) in [6.07, 6.45) is 3.55. The number of amides is 1. The third kappa shape index (κ3) is 5.73. The molecule has 0 radical (unpaired) electrons. The topological polar surface area (TPSA) is 88.2 Å². The molecule has 1 atom stereocenters. The molecule has 0 saturated heterocycles. The molecule has 6 nitrogen and oxygen atoms in total. The van der Waals surface area contributed by atoms with Crippen LogP contribution >= 0.6 is 0 Å². The van der Waals surface area contributed by atoms with Crippen molar-refractivity contribution in [3.8, 4) is 0 Å². The van der Waals surface area contributed by atoms with E-state index in [0.29, 0.717) is 5.56 Å². The minimum atomic E-state index is -3.86. The number of hydrogen-bond donors (Lipinski definition) is 2. The SMILES string of the molecule is Cc1ccccc1S(=O)(=O)NC(Cc1ccccc1)C(=O)NCc1cccnc1. The van der Waals surface area contributed by atoms with Crippen LogP contribution in [0.5, 0.6) is 0 Å². The van der Waals surface area contributed by atoms with Gasteiger partial charge in [0.1, 0.15) is 6.04 Å². The van der Waals surface area contributed by atoms with E-state index < -0.39 is 22.0 Å². The number of carbonyl (C=O) groups excluding carboxylic acids is 1. The van der Waals surface area contributed by atoms with E-state index in [4.69, 9.17) is 0 Å². The number of rotatable bonds is 8. The molecule has 0 aliphatic rings. The van der Waals surface area contributed by atoms with E-state index in [0.717, 1.165) is 11.1 Å². The van der Waals surface area contributed by atoms with Crippen LogP contribution in [0.2, 0.25) is 0 Å². The molecule has 0 aliphatic carbocycles. The van der Waals surface area contributed by atoms with E-state index in [2.05, 4.69) is 15.0 Å². The predicted molar refractivity (Wildman–Crippen MR) is 112 cm³/mol. The Bertz CT molecular complexity index is 1050. The van der Waals surface area contributed by atoms with Gasteiger partial charge in [-0.15, -0.1) is 0 Å². The first kappa shape index (κ1) is 20.7. The third-order valence-electron chi connectivity index (χ3n) is 4.47. The number of benzene rings is 2. The van der Waals surface area contributed by atoms with Crippen molar-refractivity contribution in [3.63, 3.8) is 0 Å². The summed E-state index contributed by atoms with van der Waals surface area (Å²) in [5.74, 6) is -0.394. The summed E-state index contributed by atoms with van der Waals surface area (Å²) in [6, 6.07) is 18.7. The Morgan fingerprint density at radius 1 is 0.966 bits per heavy atom. The average molecular weight is 410 g/mol. The minimum Gasteiger partial charge on any atom is -0.351 e. The van der Waals surface area contributed by atoms with Crippen LogP contribution in [0.4, 0.5) is 0 Å². The molecule has 0 aliphatic heterocycles. The Balaban J connectivity index is 1.80. The summed E-state index contributed by atoms with van der Waals surface area (Å²) in [4.78, 5) is 17.0. The van der Waals surface area contributed by atoms with E-state index in [-0.39, 0.29) is 17.9 Å². The highest BCUT2D eigenvalue weighted by molar-refractivity contribution is 7.89. The smallest absolute Gasteiger partial charge is 0.241 e.